The van der Waals surface area contributed by atoms with Crippen LogP contribution >= 0.6 is 0 Å². The first-order chi connectivity index (χ1) is 13.9. The summed E-state index contributed by atoms with van der Waals surface area (Å²) < 4.78 is 34.7. The molecule has 1 N–H and O–H groups in total. The minimum Gasteiger partial charge on any atom is -0.379 e. The van der Waals surface area contributed by atoms with Crippen LogP contribution in [-0.2, 0) is 20.6 Å². The number of benzene rings is 1. The van der Waals surface area contributed by atoms with E-state index in [1.165, 1.54) is 32.1 Å². The Kier molecular flexibility index (Phi) is 10.5. The van der Waals surface area contributed by atoms with Gasteiger partial charge in [-0.05, 0) is 25.3 Å². The molecule has 1 aromatic carbocycles. The van der Waals surface area contributed by atoms with Crippen LogP contribution in [-0.4, -0.2) is 69.3 Å². The molecule has 1 aliphatic heterocycles. The van der Waals surface area contributed by atoms with Crippen LogP contribution in [0.1, 0.15) is 43.2 Å². The van der Waals surface area contributed by atoms with Gasteiger partial charge in [0.05, 0.1) is 31.8 Å². The van der Waals surface area contributed by atoms with Gasteiger partial charge in [0.2, 0.25) is 0 Å². The van der Waals surface area contributed by atoms with Gasteiger partial charge >= 0.3 is 0 Å². The second-order valence-corrected chi connectivity index (χ2v) is 9.02. The maximum Gasteiger partial charge on any atom is 0.269 e. The topological polar surface area (TPSA) is 91.6 Å². The number of morpholine rings is 1. The Morgan fingerprint density at radius 1 is 1.14 bits per heavy atom. The molecule has 0 radical (unpaired) electrons. The normalized spacial score (nSPS) is 18.3. The van der Waals surface area contributed by atoms with Gasteiger partial charge < -0.3 is 4.74 Å². The Morgan fingerprint density at radius 2 is 1.79 bits per heavy atom. The zero-order valence-corrected chi connectivity index (χ0v) is 18.1. The highest BCUT2D eigenvalue weighted by Crippen LogP contribution is 2.19. The van der Waals surface area contributed by atoms with Gasteiger partial charge in [-0.15, -0.1) is 0 Å². The molecule has 0 bridgehead atoms. The standard InChI is InChI=1S/C13H23N3O.C8H10O3S/c1-2-4-13(5-3-1)15-12-14-6-7-16-8-10-17-11-9-16;1-7-2-4-8(5-3-7)6-12(9,10)11/h13H,1-11H2;2-5H,6H2,1H3,(H,9,10,11). The molecule has 0 atom stereocenters. The van der Waals surface area contributed by atoms with E-state index in [4.69, 9.17) is 9.29 Å². The Morgan fingerprint density at radius 3 is 2.41 bits per heavy atom. The van der Waals surface area contributed by atoms with Gasteiger partial charge in [-0.25, -0.2) is 9.98 Å². The first kappa shape index (κ1) is 23.7. The third-order valence-electron chi connectivity index (χ3n) is 4.99. The van der Waals surface area contributed by atoms with Gasteiger partial charge in [-0.2, -0.15) is 8.42 Å². The number of nitrogens with zero attached hydrogens (tertiary/aromatic N) is 3. The lowest BCUT2D eigenvalue weighted by atomic mass is 9.96. The second-order valence-electron chi connectivity index (χ2n) is 7.57. The first-order valence-electron chi connectivity index (χ1n) is 10.3. The maximum atomic E-state index is 10.4. The summed E-state index contributed by atoms with van der Waals surface area (Å²) in [6.07, 6.45) is 6.48. The summed E-state index contributed by atoms with van der Waals surface area (Å²) in [7, 11) is -3.89. The minimum atomic E-state index is -3.89. The maximum absolute atomic E-state index is 10.4. The summed E-state index contributed by atoms with van der Waals surface area (Å²) in [6.45, 7) is 7.54. The zero-order chi connectivity index (χ0) is 21.0. The zero-order valence-electron chi connectivity index (χ0n) is 17.3. The van der Waals surface area contributed by atoms with Crippen LogP contribution in [0.15, 0.2) is 34.3 Å². The minimum absolute atomic E-state index is 0.312. The SMILES string of the molecule is C(=NCCN1CCOCC1)=NC1CCCCC1.Cc1ccc(CS(=O)(=O)O)cc1. The average molecular weight is 424 g/mol. The van der Waals surface area contributed by atoms with Crippen molar-refractivity contribution in [3.8, 4) is 0 Å². The first-order valence-corrected chi connectivity index (χ1v) is 12.0. The molecular formula is C21H33N3O4S. The van der Waals surface area contributed by atoms with Gasteiger partial charge in [-0.3, -0.25) is 9.45 Å². The molecule has 1 saturated heterocycles. The van der Waals surface area contributed by atoms with Crippen molar-refractivity contribution in [1.82, 2.24) is 4.90 Å². The third-order valence-corrected chi connectivity index (χ3v) is 5.69. The highest BCUT2D eigenvalue weighted by atomic mass is 32.2. The molecule has 162 valence electrons. The van der Waals surface area contributed by atoms with Gasteiger partial charge in [0.25, 0.3) is 10.1 Å². The van der Waals surface area contributed by atoms with Crippen LogP contribution in [0.4, 0.5) is 0 Å². The molecule has 8 heteroatoms. The van der Waals surface area contributed by atoms with Crippen LogP contribution in [0.25, 0.3) is 0 Å². The Balaban J connectivity index is 0.000000221. The molecule has 1 saturated carbocycles. The average Bonchev–Trinajstić information content (AvgIpc) is 2.71. The molecule has 2 fully saturated rings. The molecule has 29 heavy (non-hydrogen) atoms. The summed E-state index contributed by atoms with van der Waals surface area (Å²) in [6, 6.07) is 10.4. The van der Waals surface area contributed by atoms with Crippen molar-refractivity contribution in [2.45, 2.75) is 50.8 Å². The van der Waals surface area contributed by atoms with E-state index in [0.29, 0.717) is 11.6 Å². The predicted octanol–water partition coefficient (Wildman–Crippen LogP) is 3.21. The number of rotatable bonds is 6. The van der Waals surface area contributed by atoms with Crippen LogP contribution in [0.5, 0.6) is 0 Å². The van der Waals surface area contributed by atoms with Crippen molar-refractivity contribution >= 4 is 16.1 Å². The van der Waals surface area contributed by atoms with Gasteiger partial charge in [0.1, 0.15) is 5.75 Å². The summed E-state index contributed by atoms with van der Waals surface area (Å²) in [4.78, 5) is 11.1. The van der Waals surface area contributed by atoms with E-state index in [-0.39, 0.29) is 5.75 Å². The Labute approximate surface area is 174 Å². The Hall–Kier alpha value is -1.57. The van der Waals surface area contributed by atoms with Crippen molar-refractivity contribution in [3.63, 3.8) is 0 Å². The summed E-state index contributed by atoms with van der Waals surface area (Å²) in [5.41, 5.74) is 1.66. The number of aryl methyl sites for hydroxylation is 1. The quantitative estimate of drug-likeness (QED) is 0.560. The van der Waals surface area contributed by atoms with E-state index in [1.807, 2.05) is 6.92 Å². The van der Waals surface area contributed by atoms with E-state index < -0.39 is 10.1 Å². The van der Waals surface area contributed by atoms with Crippen molar-refractivity contribution in [2.75, 3.05) is 39.4 Å². The number of hydrogen-bond donors (Lipinski definition) is 1. The molecule has 0 aromatic heterocycles. The highest BCUT2D eigenvalue weighted by Gasteiger charge is 2.11. The molecular weight excluding hydrogens is 390 g/mol. The van der Waals surface area contributed by atoms with Gasteiger partial charge in [0, 0.05) is 19.6 Å². The second kappa shape index (κ2) is 12.9. The monoisotopic (exact) mass is 423 g/mol. The van der Waals surface area contributed by atoms with Crippen molar-refractivity contribution in [2.24, 2.45) is 9.98 Å². The van der Waals surface area contributed by atoms with E-state index in [1.54, 1.807) is 24.3 Å². The smallest absolute Gasteiger partial charge is 0.269 e. The summed E-state index contributed by atoms with van der Waals surface area (Å²) in [5.74, 6) is -0.312. The molecule has 1 aliphatic carbocycles. The lowest BCUT2D eigenvalue weighted by Crippen LogP contribution is -2.37. The Bertz CT molecular complexity index is 747. The fourth-order valence-corrected chi connectivity index (χ4v) is 3.91. The van der Waals surface area contributed by atoms with Gasteiger partial charge in [0.15, 0.2) is 0 Å². The molecule has 0 unspecified atom stereocenters. The summed E-state index contributed by atoms with van der Waals surface area (Å²) in [5, 5.41) is 0. The van der Waals surface area contributed by atoms with Crippen molar-refractivity contribution < 1.29 is 17.7 Å². The third kappa shape index (κ3) is 11.3. The highest BCUT2D eigenvalue weighted by molar-refractivity contribution is 7.85. The van der Waals surface area contributed by atoms with Crippen LogP contribution < -0.4 is 0 Å². The lowest BCUT2D eigenvalue weighted by molar-refractivity contribution is 0.0395. The lowest BCUT2D eigenvalue weighted by Gasteiger charge is -2.25. The van der Waals surface area contributed by atoms with E-state index in [9.17, 15) is 8.42 Å². The molecule has 7 nitrogen and oxygen atoms in total. The summed E-state index contributed by atoms with van der Waals surface area (Å²) >= 11 is 0. The predicted molar refractivity (Wildman–Crippen MR) is 115 cm³/mol. The van der Waals surface area contributed by atoms with E-state index >= 15 is 0 Å². The van der Waals surface area contributed by atoms with Gasteiger partial charge in [-0.1, -0.05) is 49.1 Å². The fraction of sp³-hybridized carbons (Fsp3) is 0.667. The van der Waals surface area contributed by atoms with Crippen molar-refractivity contribution in [3.05, 3.63) is 35.4 Å². The van der Waals surface area contributed by atoms with E-state index in [0.717, 1.165) is 45.0 Å². The van der Waals surface area contributed by atoms with E-state index in [2.05, 4.69) is 20.9 Å². The molecule has 0 spiro atoms. The van der Waals surface area contributed by atoms with Crippen LogP contribution in [0.3, 0.4) is 0 Å². The molecule has 3 rings (SSSR count). The van der Waals surface area contributed by atoms with Crippen LogP contribution in [0.2, 0.25) is 0 Å². The molecule has 1 aromatic rings. The number of ether oxygens (including phenoxy) is 1. The number of aliphatic imine (C=N–C) groups is 2. The largest absolute Gasteiger partial charge is 0.379 e. The molecule has 2 aliphatic rings. The molecule has 0 amide bonds. The van der Waals surface area contributed by atoms with Crippen molar-refractivity contribution in [1.29, 1.82) is 0 Å². The van der Waals surface area contributed by atoms with Crippen LogP contribution in [0, 0.1) is 6.92 Å². The fourth-order valence-electron chi connectivity index (χ4n) is 3.29. The number of hydrogen-bond acceptors (Lipinski definition) is 6. The molecule has 1 heterocycles.